The van der Waals surface area contributed by atoms with Crippen molar-refractivity contribution < 1.29 is 19.5 Å². The van der Waals surface area contributed by atoms with Gasteiger partial charge in [0.1, 0.15) is 5.70 Å². The van der Waals surface area contributed by atoms with Gasteiger partial charge in [-0.3, -0.25) is 19.3 Å². The zero-order valence-corrected chi connectivity index (χ0v) is 17.8. The van der Waals surface area contributed by atoms with Crippen molar-refractivity contribution in [2.24, 2.45) is 23.2 Å². The van der Waals surface area contributed by atoms with Gasteiger partial charge in [-0.05, 0) is 80.9 Å². The van der Waals surface area contributed by atoms with Crippen LogP contribution in [0.2, 0.25) is 0 Å². The van der Waals surface area contributed by atoms with Gasteiger partial charge in [0.05, 0.1) is 18.6 Å². The number of aryl methyl sites for hydroxylation is 1. The number of nitrogens with zero attached hydrogens (tertiary/aromatic N) is 1. The fourth-order valence-electron chi connectivity index (χ4n) is 6.54. The summed E-state index contributed by atoms with van der Waals surface area (Å²) in [7, 11) is 0. The maximum atomic E-state index is 13.4. The first-order valence-corrected chi connectivity index (χ1v) is 11.2. The number of carbonyl (C=O) groups excluding carboxylic acids is 3. The summed E-state index contributed by atoms with van der Waals surface area (Å²) in [5, 5.41) is 15.2. The van der Waals surface area contributed by atoms with Crippen LogP contribution in [0.3, 0.4) is 0 Å². The molecule has 0 atom stereocenters. The van der Waals surface area contributed by atoms with Crippen LogP contribution >= 0.6 is 0 Å². The van der Waals surface area contributed by atoms with E-state index in [0.717, 1.165) is 35.4 Å². The summed E-state index contributed by atoms with van der Waals surface area (Å²) < 4.78 is 0. The van der Waals surface area contributed by atoms with E-state index in [2.05, 4.69) is 10.6 Å². The average Bonchev–Trinajstić information content (AvgIpc) is 2.97. The van der Waals surface area contributed by atoms with Gasteiger partial charge in [-0.1, -0.05) is 6.07 Å². The Balaban J connectivity index is 1.32. The normalized spacial score (nSPS) is 31.2. The molecule has 3 N–H and O–H groups in total. The molecule has 3 amide bonds. The Morgan fingerprint density at radius 2 is 1.77 bits per heavy atom. The van der Waals surface area contributed by atoms with Crippen molar-refractivity contribution in [2.75, 3.05) is 23.8 Å². The molecule has 164 valence electrons. The lowest BCUT2D eigenvalue weighted by molar-refractivity contribution is -0.140. The molecule has 31 heavy (non-hydrogen) atoms. The number of benzene rings is 1. The van der Waals surface area contributed by atoms with Gasteiger partial charge in [0, 0.05) is 17.5 Å². The molecule has 0 radical (unpaired) electrons. The van der Waals surface area contributed by atoms with E-state index >= 15 is 0 Å². The summed E-state index contributed by atoms with van der Waals surface area (Å²) in [6, 6.07) is 5.54. The van der Waals surface area contributed by atoms with E-state index in [1.807, 2.05) is 25.1 Å². The molecule has 7 heteroatoms. The topological polar surface area (TPSA) is 98.7 Å². The van der Waals surface area contributed by atoms with Gasteiger partial charge >= 0.3 is 0 Å². The molecule has 0 unspecified atom stereocenters. The SMILES string of the molecule is Cc1ccc(NC2=CC(=O)N(CCO)C2=O)cc1NC(=O)C12CC3CC(CC(C3)C1)C2. The summed E-state index contributed by atoms with van der Waals surface area (Å²) in [6.45, 7) is 1.65. The van der Waals surface area contributed by atoms with Crippen LogP contribution in [0.1, 0.15) is 44.1 Å². The molecule has 1 aromatic rings. The van der Waals surface area contributed by atoms with Crippen molar-refractivity contribution in [3.63, 3.8) is 0 Å². The minimum atomic E-state index is -0.459. The molecule has 4 saturated carbocycles. The Bertz CT molecular complexity index is 948. The molecule has 7 nitrogen and oxygen atoms in total. The monoisotopic (exact) mass is 423 g/mol. The molecule has 0 saturated heterocycles. The maximum Gasteiger partial charge on any atom is 0.277 e. The first-order chi connectivity index (χ1) is 14.9. The Labute approximate surface area is 181 Å². The molecule has 4 fully saturated rings. The molecular weight excluding hydrogens is 394 g/mol. The third kappa shape index (κ3) is 3.55. The lowest BCUT2D eigenvalue weighted by Gasteiger charge is -2.55. The third-order valence-electron chi connectivity index (χ3n) is 7.62. The van der Waals surface area contributed by atoms with E-state index < -0.39 is 11.8 Å². The van der Waals surface area contributed by atoms with E-state index in [1.54, 1.807) is 0 Å². The molecular formula is C24H29N3O4. The molecule has 0 aromatic heterocycles. The van der Waals surface area contributed by atoms with Crippen molar-refractivity contribution in [3.8, 4) is 0 Å². The zero-order valence-electron chi connectivity index (χ0n) is 17.8. The fraction of sp³-hybridized carbons (Fsp3) is 0.542. The van der Waals surface area contributed by atoms with Crippen molar-refractivity contribution in [1.29, 1.82) is 0 Å². The van der Waals surface area contributed by atoms with Gasteiger partial charge in [0.15, 0.2) is 0 Å². The van der Waals surface area contributed by atoms with Crippen LogP contribution in [0, 0.1) is 30.1 Å². The highest BCUT2D eigenvalue weighted by molar-refractivity contribution is 6.17. The van der Waals surface area contributed by atoms with E-state index in [9.17, 15) is 14.4 Å². The summed E-state index contributed by atoms with van der Waals surface area (Å²) in [6.07, 6.45) is 8.13. The number of β-amino-alcohol motifs (C(OH)–C–C–N with tert-alkyl or cyclic N) is 1. The Kier molecular flexibility index (Phi) is 4.88. The van der Waals surface area contributed by atoms with Crippen molar-refractivity contribution in [2.45, 2.75) is 45.4 Å². The van der Waals surface area contributed by atoms with Crippen molar-refractivity contribution in [3.05, 3.63) is 35.5 Å². The van der Waals surface area contributed by atoms with Gasteiger partial charge < -0.3 is 15.7 Å². The van der Waals surface area contributed by atoms with Crippen LogP contribution in [-0.2, 0) is 14.4 Å². The highest BCUT2D eigenvalue weighted by Gasteiger charge is 2.54. The minimum Gasteiger partial charge on any atom is -0.395 e. The number of carbonyl (C=O) groups is 3. The number of rotatable bonds is 6. The minimum absolute atomic E-state index is 0.0282. The maximum absolute atomic E-state index is 13.4. The second kappa shape index (κ2) is 7.48. The predicted molar refractivity (Wildman–Crippen MR) is 116 cm³/mol. The fourth-order valence-corrected chi connectivity index (χ4v) is 6.54. The number of aliphatic hydroxyl groups excluding tert-OH is 1. The third-order valence-corrected chi connectivity index (χ3v) is 7.62. The quantitative estimate of drug-likeness (QED) is 0.611. The van der Waals surface area contributed by atoms with Crippen LogP contribution < -0.4 is 10.6 Å². The van der Waals surface area contributed by atoms with Crippen LogP contribution in [-0.4, -0.2) is 40.9 Å². The van der Waals surface area contributed by atoms with E-state index in [0.29, 0.717) is 23.4 Å². The van der Waals surface area contributed by atoms with Crippen LogP contribution in [0.4, 0.5) is 11.4 Å². The Morgan fingerprint density at radius 3 is 2.39 bits per heavy atom. The van der Waals surface area contributed by atoms with Gasteiger partial charge in [-0.15, -0.1) is 0 Å². The van der Waals surface area contributed by atoms with Crippen LogP contribution in [0.15, 0.2) is 30.0 Å². The first kappa shape index (κ1) is 20.2. The van der Waals surface area contributed by atoms with Gasteiger partial charge in [0.2, 0.25) is 5.91 Å². The molecule has 6 rings (SSSR count). The van der Waals surface area contributed by atoms with Crippen LogP contribution in [0.25, 0.3) is 0 Å². The number of hydrogen-bond donors (Lipinski definition) is 3. The molecule has 0 spiro atoms. The molecule has 4 aliphatic carbocycles. The van der Waals surface area contributed by atoms with Gasteiger partial charge in [-0.25, -0.2) is 0 Å². The lowest BCUT2D eigenvalue weighted by atomic mass is 9.49. The summed E-state index contributed by atoms with van der Waals surface area (Å²) in [5.41, 5.74) is 2.25. The van der Waals surface area contributed by atoms with E-state index in [-0.39, 0.29) is 30.2 Å². The average molecular weight is 424 g/mol. The number of hydrogen-bond acceptors (Lipinski definition) is 5. The summed E-state index contributed by atoms with van der Waals surface area (Å²) >= 11 is 0. The largest absolute Gasteiger partial charge is 0.395 e. The molecule has 5 aliphatic rings. The first-order valence-electron chi connectivity index (χ1n) is 11.2. The Hall–Kier alpha value is -2.67. The number of amides is 3. The number of imide groups is 1. The summed E-state index contributed by atoms with van der Waals surface area (Å²) in [5.74, 6) is 1.33. The van der Waals surface area contributed by atoms with Crippen molar-refractivity contribution >= 4 is 29.1 Å². The number of anilines is 2. The second-order valence-corrected chi connectivity index (χ2v) is 9.88. The van der Waals surface area contributed by atoms with Crippen LogP contribution in [0.5, 0.6) is 0 Å². The number of aliphatic hydroxyl groups is 1. The second-order valence-electron chi connectivity index (χ2n) is 9.88. The standard InChI is InChI=1S/C24H29N3O4/c1-14-2-3-18(25-20-10-21(29)27(4-5-28)22(20)30)9-19(14)26-23(31)24-11-15-6-16(12-24)8-17(7-15)13-24/h2-3,9-10,15-17,25,28H,4-8,11-13H2,1H3,(H,26,31). The molecule has 1 heterocycles. The molecule has 4 bridgehead atoms. The number of nitrogens with one attached hydrogen (secondary N) is 2. The van der Waals surface area contributed by atoms with Gasteiger partial charge in [-0.2, -0.15) is 0 Å². The van der Waals surface area contributed by atoms with E-state index in [4.69, 9.17) is 5.11 Å². The molecule has 1 aromatic carbocycles. The summed E-state index contributed by atoms with van der Waals surface area (Å²) in [4.78, 5) is 38.8. The molecule has 1 aliphatic heterocycles. The highest BCUT2D eigenvalue weighted by atomic mass is 16.3. The van der Waals surface area contributed by atoms with Gasteiger partial charge in [0.25, 0.3) is 11.8 Å². The van der Waals surface area contributed by atoms with Crippen molar-refractivity contribution in [1.82, 2.24) is 4.90 Å². The Morgan fingerprint density at radius 1 is 1.13 bits per heavy atom. The lowest BCUT2D eigenvalue weighted by Crippen LogP contribution is -2.51. The zero-order chi connectivity index (χ0) is 21.8. The van der Waals surface area contributed by atoms with E-state index in [1.165, 1.54) is 25.3 Å². The predicted octanol–water partition coefficient (Wildman–Crippen LogP) is 2.81. The highest BCUT2D eigenvalue weighted by Crippen LogP contribution is 2.60. The smallest absolute Gasteiger partial charge is 0.277 e.